The van der Waals surface area contributed by atoms with Gasteiger partial charge in [-0.1, -0.05) is 23.7 Å². The molecule has 0 bridgehead atoms. The molecule has 0 aliphatic carbocycles. The molecular weight excluding hydrogens is 544 g/mol. The topological polar surface area (TPSA) is 58.4 Å². The third kappa shape index (κ3) is 4.97. The summed E-state index contributed by atoms with van der Waals surface area (Å²) in [4.78, 5) is 28.5. The Hall–Kier alpha value is -3.15. The molecule has 2 amide bonds. The van der Waals surface area contributed by atoms with Crippen molar-refractivity contribution in [2.24, 2.45) is 0 Å². The van der Waals surface area contributed by atoms with Gasteiger partial charge >= 0.3 is 6.18 Å². The largest absolute Gasteiger partial charge is 0.416 e. The van der Waals surface area contributed by atoms with Gasteiger partial charge in [-0.05, 0) is 67.1 Å². The van der Waals surface area contributed by atoms with E-state index in [1.54, 1.807) is 18.2 Å². The van der Waals surface area contributed by atoms with Gasteiger partial charge in [0.2, 0.25) is 0 Å². The van der Waals surface area contributed by atoms with Gasteiger partial charge in [-0.15, -0.1) is 0 Å². The summed E-state index contributed by atoms with van der Waals surface area (Å²) in [5.41, 5.74) is 0.446. The van der Waals surface area contributed by atoms with E-state index in [9.17, 15) is 27.2 Å². The Bertz CT molecular complexity index is 1530. The van der Waals surface area contributed by atoms with Crippen LogP contribution in [0.2, 0.25) is 5.02 Å². The molecule has 3 heterocycles. The Labute approximate surface area is 224 Å². The molecule has 1 saturated heterocycles. The number of halogens is 5. The maximum absolute atomic E-state index is 14.6. The van der Waals surface area contributed by atoms with E-state index < -0.39 is 28.7 Å². The molecule has 0 unspecified atom stereocenters. The molecule has 0 saturated carbocycles. The maximum Gasteiger partial charge on any atom is 0.416 e. The van der Waals surface area contributed by atoms with Crippen LogP contribution in [0.1, 0.15) is 30.5 Å². The Morgan fingerprint density at radius 1 is 1.13 bits per heavy atom. The average Bonchev–Trinajstić information content (AvgIpc) is 3.50. The number of fused-ring (bicyclic) bond motifs is 1. The van der Waals surface area contributed by atoms with E-state index in [-0.39, 0.29) is 46.9 Å². The van der Waals surface area contributed by atoms with E-state index in [1.807, 2.05) is 18.7 Å². The van der Waals surface area contributed by atoms with Crippen molar-refractivity contribution < 1.29 is 27.2 Å². The van der Waals surface area contributed by atoms with Crippen LogP contribution in [0.3, 0.4) is 0 Å². The van der Waals surface area contributed by atoms with Crippen LogP contribution in [0.5, 0.6) is 0 Å². The quantitative estimate of drug-likeness (QED) is 0.255. The number of hydrogen-bond donors (Lipinski definition) is 0. The standard InChI is InChI=1S/C26H21ClF4N4O2S/c1-14(2)33-12-20(28)22(13-33)35-24(36)23(38-25(35)37)8-15-3-6-21-17(7-15)10-32-34(21)11-16-4-5-18(27)9-19(16)26(29,30)31/h3-10,14H,11-13H2,1-2H3. The fourth-order valence-electron chi connectivity index (χ4n) is 4.45. The number of amides is 2. The second kappa shape index (κ2) is 9.87. The summed E-state index contributed by atoms with van der Waals surface area (Å²) >= 11 is 6.51. The highest BCUT2D eigenvalue weighted by Gasteiger charge is 2.41. The van der Waals surface area contributed by atoms with E-state index in [0.29, 0.717) is 16.5 Å². The zero-order chi connectivity index (χ0) is 27.4. The SMILES string of the molecule is CC(C)N1CC(F)=C(N2C(=O)SC(=Cc3ccc4c(cnn4Cc4ccc(Cl)cc4C(F)(F)F)c3)C2=O)C1. The minimum Gasteiger partial charge on any atom is -0.288 e. The predicted molar refractivity (Wildman–Crippen MR) is 138 cm³/mol. The molecule has 5 rings (SSSR count). The van der Waals surface area contributed by atoms with Gasteiger partial charge in [0.25, 0.3) is 11.1 Å². The second-order valence-corrected chi connectivity index (χ2v) is 10.7. The summed E-state index contributed by atoms with van der Waals surface area (Å²) in [5, 5.41) is 4.31. The van der Waals surface area contributed by atoms with Gasteiger partial charge in [0.15, 0.2) is 0 Å². The van der Waals surface area contributed by atoms with Crippen molar-refractivity contribution in [2.75, 3.05) is 13.1 Å². The van der Waals surface area contributed by atoms with Crippen LogP contribution >= 0.6 is 23.4 Å². The zero-order valence-corrected chi connectivity index (χ0v) is 21.8. The number of carbonyl (C=O) groups is 2. The Morgan fingerprint density at radius 2 is 1.89 bits per heavy atom. The first-order valence-electron chi connectivity index (χ1n) is 11.6. The first-order chi connectivity index (χ1) is 17.9. The van der Waals surface area contributed by atoms with Crippen LogP contribution < -0.4 is 0 Å². The van der Waals surface area contributed by atoms with Gasteiger partial charge in [-0.3, -0.25) is 19.2 Å². The summed E-state index contributed by atoms with van der Waals surface area (Å²) in [6, 6.07) is 8.75. The van der Waals surface area contributed by atoms with Gasteiger partial charge < -0.3 is 0 Å². The average molecular weight is 565 g/mol. The third-order valence-corrected chi connectivity index (χ3v) is 7.57. The van der Waals surface area contributed by atoms with Crippen molar-refractivity contribution in [3.8, 4) is 0 Å². The molecule has 2 aliphatic heterocycles. The van der Waals surface area contributed by atoms with Crippen molar-refractivity contribution in [2.45, 2.75) is 32.6 Å². The van der Waals surface area contributed by atoms with Crippen molar-refractivity contribution in [3.63, 3.8) is 0 Å². The number of carbonyl (C=O) groups excluding carboxylic acids is 2. The summed E-state index contributed by atoms with van der Waals surface area (Å²) in [5.74, 6) is -1.08. The highest BCUT2D eigenvalue weighted by Crippen LogP contribution is 2.38. The molecule has 0 radical (unpaired) electrons. The summed E-state index contributed by atoms with van der Waals surface area (Å²) in [6.45, 7) is 3.92. The summed E-state index contributed by atoms with van der Waals surface area (Å²) in [7, 11) is 0. The number of thioether (sulfide) groups is 1. The molecule has 2 aliphatic rings. The first-order valence-corrected chi connectivity index (χ1v) is 12.8. The number of nitrogens with zero attached hydrogens (tertiary/aromatic N) is 4. The molecule has 6 nitrogen and oxygen atoms in total. The maximum atomic E-state index is 14.6. The Morgan fingerprint density at radius 3 is 2.58 bits per heavy atom. The van der Waals surface area contributed by atoms with Crippen molar-refractivity contribution in [1.82, 2.24) is 19.6 Å². The second-order valence-electron chi connectivity index (χ2n) is 9.29. The number of aromatic nitrogens is 2. The number of imide groups is 1. The summed E-state index contributed by atoms with van der Waals surface area (Å²) < 4.78 is 56.5. The summed E-state index contributed by atoms with van der Waals surface area (Å²) in [6.07, 6.45) is -1.51. The number of rotatable bonds is 5. The lowest BCUT2D eigenvalue weighted by Gasteiger charge is -2.21. The smallest absolute Gasteiger partial charge is 0.288 e. The van der Waals surface area contributed by atoms with Crippen molar-refractivity contribution >= 4 is 51.5 Å². The molecule has 3 aromatic rings. The predicted octanol–water partition coefficient (Wildman–Crippen LogP) is 6.70. The first kappa shape index (κ1) is 26.5. The molecule has 38 heavy (non-hydrogen) atoms. The normalized spacial score (nSPS) is 18.3. The molecule has 0 atom stereocenters. The number of benzene rings is 2. The van der Waals surface area contributed by atoms with E-state index in [1.165, 1.54) is 29.1 Å². The van der Waals surface area contributed by atoms with E-state index >= 15 is 0 Å². The minimum absolute atomic E-state index is 0.00957. The molecule has 1 fully saturated rings. The number of hydrogen-bond acceptors (Lipinski definition) is 5. The van der Waals surface area contributed by atoms with Crippen LogP contribution in [-0.4, -0.2) is 49.9 Å². The highest BCUT2D eigenvalue weighted by molar-refractivity contribution is 8.18. The van der Waals surface area contributed by atoms with Crippen molar-refractivity contribution in [1.29, 1.82) is 0 Å². The van der Waals surface area contributed by atoms with Crippen LogP contribution in [0.4, 0.5) is 22.4 Å². The number of alkyl halides is 3. The molecule has 12 heteroatoms. The molecular formula is C26H21ClF4N4O2S. The van der Waals surface area contributed by atoms with Gasteiger partial charge in [0, 0.05) is 23.0 Å². The molecule has 198 valence electrons. The van der Waals surface area contributed by atoms with Crippen molar-refractivity contribution in [3.05, 3.63) is 80.7 Å². The van der Waals surface area contributed by atoms with Gasteiger partial charge in [0.05, 0.1) is 41.0 Å². The lowest BCUT2D eigenvalue weighted by atomic mass is 10.1. The monoisotopic (exact) mass is 564 g/mol. The Kier molecular flexibility index (Phi) is 6.87. The van der Waals surface area contributed by atoms with E-state index in [0.717, 1.165) is 22.7 Å². The minimum atomic E-state index is -4.57. The van der Waals surface area contributed by atoms with Crippen LogP contribution in [-0.2, 0) is 17.5 Å². The zero-order valence-electron chi connectivity index (χ0n) is 20.2. The van der Waals surface area contributed by atoms with E-state index in [4.69, 9.17) is 11.6 Å². The lowest BCUT2D eigenvalue weighted by Crippen LogP contribution is -2.34. The Balaban J connectivity index is 1.39. The van der Waals surface area contributed by atoms with Gasteiger partial charge in [-0.2, -0.15) is 18.3 Å². The van der Waals surface area contributed by atoms with Gasteiger partial charge in [-0.25, -0.2) is 9.29 Å². The molecule has 1 aromatic heterocycles. The lowest BCUT2D eigenvalue weighted by molar-refractivity contribution is -0.138. The highest BCUT2D eigenvalue weighted by atomic mass is 35.5. The van der Waals surface area contributed by atoms with Crippen LogP contribution in [0.15, 0.2) is 59.0 Å². The molecule has 0 spiro atoms. The van der Waals surface area contributed by atoms with E-state index in [2.05, 4.69) is 5.10 Å². The fourth-order valence-corrected chi connectivity index (χ4v) is 5.46. The van der Waals surface area contributed by atoms with Crippen LogP contribution in [0.25, 0.3) is 17.0 Å². The van der Waals surface area contributed by atoms with Crippen LogP contribution in [0, 0.1) is 0 Å². The third-order valence-electron chi connectivity index (χ3n) is 6.46. The van der Waals surface area contributed by atoms with Gasteiger partial charge in [0.1, 0.15) is 5.83 Å². The fraction of sp³-hybridized carbons (Fsp3) is 0.269. The molecule has 0 N–H and O–H groups in total. The molecule has 2 aromatic carbocycles.